The first-order valence-electron chi connectivity index (χ1n) is 10.7. The van der Waals surface area contributed by atoms with Crippen molar-refractivity contribution in [1.29, 1.82) is 0 Å². The minimum atomic E-state index is -0.859. The zero-order valence-corrected chi connectivity index (χ0v) is 20.1. The molecule has 0 spiro atoms. The molecule has 174 valence electrons. The number of benzene rings is 2. The number of aromatic nitrogens is 1. The first kappa shape index (κ1) is 23.8. The monoisotopic (exact) mass is 496 g/mol. The summed E-state index contributed by atoms with van der Waals surface area (Å²) in [6, 6.07) is 12.7. The van der Waals surface area contributed by atoms with Crippen molar-refractivity contribution in [3.63, 3.8) is 0 Å². The molecule has 1 aromatic heterocycles. The lowest BCUT2D eigenvalue weighted by molar-refractivity contribution is -0.140. The van der Waals surface area contributed by atoms with Crippen molar-refractivity contribution >= 4 is 40.7 Å². The quantitative estimate of drug-likeness (QED) is 0.268. The highest BCUT2D eigenvalue weighted by Gasteiger charge is 2.46. The van der Waals surface area contributed by atoms with Crippen molar-refractivity contribution in [2.24, 2.45) is 0 Å². The van der Waals surface area contributed by atoms with Crippen LogP contribution in [-0.2, 0) is 16.1 Å². The lowest BCUT2D eigenvalue weighted by Gasteiger charge is -2.25. The summed E-state index contributed by atoms with van der Waals surface area (Å²) in [5.74, 6) is -1.08. The van der Waals surface area contributed by atoms with Crippen LogP contribution in [0.1, 0.15) is 35.2 Å². The van der Waals surface area contributed by atoms with Crippen molar-refractivity contribution in [2.45, 2.75) is 26.4 Å². The maximum atomic E-state index is 13.2. The molecule has 6 nitrogen and oxygen atoms in total. The van der Waals surface area contributed by atoms with E-state index in [4.69, 9.17) is 27.9 Å². The number of aliphatic hydroxyl groups is 1. The molecule has 1 unspecified atom stereocenters. The number of ketones is 1. The molecule has 1 N–H and O–H groups in total. The van der Waals surface area contributed by atoms with Gasteiger partial charge in [-0.3, -0.25) is 14.6 Å². The van der Waals surface area contributed by atoms with E-state index >= 15 is 0 Å². The summed E-state index contributed by atoms with van der Waals surface area (Å²) >= 11 is 12.4. The summed E-state index contributed by atoms with van der Waals surface area (Å²) in [6.45, 7) is 4.36. The van der Waals surface area contributed by atoms with Crippen LogP contribution in [0.2, 0.25) is 10.0 Å². The molecule has 4 rings (SSSR count). The van der Waals surface area contributed by atoms with E-state index < -0.39 is 17.7 Å². The largest absolute Gasteiger partial charge is 0.507 e. The van der Waals surface area contributed by atoms with Crippen molar-refractivity contribution in [3.8, 4) is 5.75 Å². The number of Topliss-reactive ketones (excluding diaryl/α,β-unsaturated/α-hetero) is 1. The highest BCUT2D eigenvalue weighted by atomic mass is 35.5. The molecule has 8 heteroatoms. The van der Waals surface area contributed by atoms with E-state index in [1.807, 2.05) is 19.9 Å². The second-order valence-electron chi connectivity index (χ2n) is 7.88. The zero-order chi connectivity index (χ0) is 24.4. The smallest absolute Gasteiger partial charge is 0.295 e. The highest BCUT2D eigenvalue weighted by Crippen LogP contribution is 2.42. The van der Waals surface area contributed by atoms with Crippen LogP contribution in [0.3, 0.4) is 0 Å². The Morgan fingerprint density at radius 1 is 1.12 bits per heavy atom. The molecular weight excluding hydrogens is 475 g/mol. The summed E-state index contributed by atoms with van der Waals surface area (Å²) in [6.07, 6.45) is 3.25. The molecule has 1 fully saturated rings. The second-order valence-corrected chi connectivity index (χ2v) is 8.69. The zero-order valence-electron chi connectivity index (χ0n) is 18.6. The van der Waals surface area contributed by atoms with Crippen LogP contribution in [0.15, 0.2) is 66.5 Å². The highest BCUT2D eigenvalue weighted by molar-refractivity contribution is 6.46. The Labute approximate surface area is 207 Å². The maximum absolute atomic E-state index is 13.2. The van der Waals surface area contributed by atoms with Crippen LogP contribution in [0.5, 0.6) is 5.75 Å². The molecule has 1 saturated heterocycles. The minimum Gasteiger partial charge on any atom is -0.507 e. The Kier molecular flexibility index (Phi) is 6.91. The number of amides is 1. The Morgan fingerprint density at radius 2 is 1.91 bits per heavy atom. The van der Waals surface area contributed by atoms with Crippen LogP contribution in [0, 0.1) is 6.92 Å². The number of carbonyl (C=O) groups is 2. The van der Waals surface area contributed by atoms with E-state index in [-0.39, 0.29) is 22.9 Å². The fraction of sp³-hybridized carbons (Fsp3) is 0.192. The summed E-state index contributed by atoms with van der Waals surface area (Å²) in [4.78, 5) is 31.8. The van der Waals surface area contributed by atoms with Gasteiger partial charge in [0.2, 0.25) is 0 Å². The van der Waals surface area contributed by atoms with E-state index in [9.17, 15) is 14.7 Å². The van der Waals surface area contributed by atoms with Gasteiger partial charge in [-0.1, -0.05) is 35.3 Å². The summed E-state index contributed by atoms with van der Waals surface area (Å²) in [7, 11) is 0. The van der Waals surface area contributed by atoms with Gasteiger partial charge in [-0.05, 0) is 66.9 Å². The summed E-state index contributed by atoms with van der Waals surface area (Å²) in [5, 5.41) is 11.9. The molecule has 0 saturated carbocycles. The normalized spacial score (nSPS) is 17.3. The second kappa shape index (κ2) is 9.87. The maximum Gasteiger partial charge on any atom is 0.295 e. The average molecular weight is 497 g/mol. The van der Waals surface area contributed by atoms with Gasteiger partial charge in [0.05, 0.1) is 28.3 Å². The van der Waals surface area contributed by atoms with Gasteiger partial charge in [-0.2, -0.15) is 0 Å². The molecular formula is C26H22Cl2N2O4. The van der Waals surface area contributed by atoms with Crippen LogP contribution < -0.4 is 4.74 Å². The molecule has 1 atom stereocenters. The summed E-state index contributed by atoms with van der Waals surface area (Å²) in [5.41, 5.74) is 2.48. The molecule has 34 heavy (non-hydrogen) atoms. The average Bonchev–Trinajstić information content (AvgIpc) is 3.07. The molecule has 1 amide bonds. The van der Waals surface area contributed by atoms with Gasteiger partial charge in [0, 0.05) is 24.5 Å². The fourth-order valence-electron chi connectivity index (χ4n) is 4.03. The third kappa shape index (κ3) is 4.52. The Morgan fingerprint density at radius 3 is 2.56 bits per heavy atom. The van der Waals surface area contributed by atoms with Gasteiger partial charge in [0.15, 0.2) is 0 Å². The number of hydrogen-bond donors (Lipinski definition) is 1. The molecule has 3 aromatic rings. The number of halogens is 2. The van der Waals surface area contributed by atoms with Crippen LogP contribution in [-0.4, -0.2) is 33.3 Å². The number of nitrogens with zero attached hydrogens (tertiary/aromatic N) is 2. The topological polar surface area (TPSA) is 79.7 Å². The predicted octanol–water partition coefficient (Wildman–Crippen LogP) is 5.72. The van der Waals surface area contributed by atoms with Gasteiger partial charge in [-0.25, -0.2) is 0 Å². The molecule has 2 aromatic carbocycles. The van der Waals surface area contributed by atoms with E-state index in [2.05, 4.69) is 4.98 Å². The van der Waals surface area contributed by atoms with Gasteiger partial charge in [-0.15, -0.1) is 0 Å². The van der Waals surface area contributed by atoms with Crippen LogP contribution >= 0.6 is 23.2 Å². The number of rotatable bonds is 6. The number of pyridine rings is 1. The van der Waals surface area contributed by atoms with Crippen molar-refractivity contribution in [2.75, 3.05) is 6.61 Å². The fourth-order valence-corrected chi connectivity index (χ4v) is 4.34. The minimum absolute atomic E-state index is 0.0177. The third-order valence-corrected chi connectivity index (χ3v) is 6.36. The first-order chi connectivity index (χ1) is 16.3. The van der Waals surface area contributed by atoms with E-state index in [0.717, 1.165) is 11.1 Å². The molecule has 0 radical (unpaired) electrons. The number of ether oxygens (including phenoxy) is 1. The standard InChI is InChI=1S/C26H22Cl2N2O4/c1-3-34-21-9-7-18(11-15(21)2)24(31)22-23(17-6-8-19(27)20(28)12-17)30(26(33)25(22)32)14-16-5-4-10-29-13-16/h4-13,23,31H,3,14H2,1-2H3. The molecule has 1 aliphatic rings. The molecule has 1 aliphatic heterocycles. The van der Waals surface area contributed by atoms with Gasteiger partial charge < -0.3 is 14.7 Å². The SMILES string of the molecule is CCOc1ccc(C(O)=C2C(=O)C(=O)N(Cc3cccnc3)C2c2ccc(Cl)c(Cl)c2)cc1C. The number of aliphatic hydroxyl groups excluding tert-OH is 1. The first-order valence-corrected chi connectivity index (χ1v) is 11.4. The molecule has 2 heterocycles. The van der Waals surface area contributed by atoms with E-state index in [0.29, 0.717) is 28.5 Å². The number of hydrogen-bond acceptors (Lipinski definition) is 5. The third-order valence-electron chi connectivity index (χ3n) is 5.62. The number of likely N-dealkylation sites (tertiary alicyclic amines) is 1. The predicted molar refractivity (Wildman–Crippen MR) is 131 cm³/mol. The van der Waals surface area contributed by atoms with Gasteiger partial charge >= 0.3 is 0 Å². The van der Waals surface area contributed by atoms with Crippen molar-refractivity contribution in [3.05, 3.63) is 98.8 Å². The van der Waals surface area contributed by atoms with Crippen molar-refractivity contribution in [1.82, 2.24) is 9.88 Å². The van der Waals surface area contributed by atoms with E-state index in [1.165, 1.54) is 4.90 Å². The van der Waals surface area contributed by atoms with E-state index in [1.54, 1.807) is 54.9 Å². The Balaban J connectivity index is 1.86. The summed E-state index contributed by atoms with van der Waals surface area (Å²) < 4.78 is 5.57. The van der Waals surface area contributed by atoms with Gasteiger partial charge in [0.1, 0.15) is 11.5 Å². The Bertz CT molecular complexity index is 1290. The molecule has 0 bridgehead atoms. The number of aryl methyl sites for hydroxylation is 1. The van der Waals surface area contributed by atoms with Crippen LogP contribution in [0.4, 0.5) is 0 Å². The van der Waals surface area contributed by atoms with Crippen molar-refractivity contribution < 1.29 is 19.4 Å². The van der Waals surface area contributed by atoms with Crippen LogP contribution in [0.25, 0.3) is 5.76 Å². The lowest BCUT2D eigenvalue weighted by atomic mass is 9.94. The lowest BCUT2D eigenvalue weighted by Crippen LogP contribution is -2.29. The molecule has 0 aliphatic carbocycles. The number of carbonyl (C=O) groups excluding carboxylic acids is 2. The van der Waals surface area contributed by atoms with Gasteiger partial charge in [0.25, 0.3) is 11.7 Å². The Hall–Kier alpha value is -3.35.